The maximum atomic E-state index is 12.5. The predicted octanol–water partition coefficient (Wildman–Crippen LogP) is 1.55. The van der Waals surface area contributed by atoms with Crippen LogP contribution in [0.2, 0.25) is 0 Å². The van der Waals surface area contributed by atoms with Crippen molar-refractivity contribution in [2.45, 2.75) is 26.2 Å². The molecule has 3 rings (SSSR count). The molecule has 124 valence electrons. The number of para-hydroxylation sites is 1. The third kappa shape index (κ3) is 3.23. The van der Waals surface area contributed by atoms with Crippen LogP contribution in [0.25, 0.3) is 11.1 Å². The number of hydrogen-bond acceptors (Lipinski definition) is 5. The van der Waals surface area contributed by atoms with Crippen LogP contribution in [0.15, 0.2) is 22.6 Å². The fraction of sp³-hybridized carbons (Fsp3) is 0.529. The molecule has 6 heteroatoms. The van der Waals surface area contributed by atoms with E-state index in [1.54, 1.807) is 0 Å². The van der Waals surface area contributed by atoms with E-state index >= 15 is 0 Å². The van der Waals surface area contributed by atoms with Gasteiger partial charge in [-0.25, -0.2) is 4.98 Å². The first-order valence-electron chi connectivity index (χ1n) is 8.06. The molecule has 1 aliphatic rings. The van der Waals surface area contributed by atoms with Crippen molar-refractivity contribution in [2.75, 3.05) is 26.3 Å². The summed E-state index contributed by atoms with van der Waals surface area (Å²) in [6, 6.07) is 5.86. The molecule has 0 atom stereocenters. The number of carbonyl (C=O) groups excluding carboxylic acids is 1. The zero-order chi connectivity index (χ0) is 16.3. The highest BCUT2D eigenvalue weighted by molar-refractivity contribution is 5.83. The highest BCUT2D eigenvalue weighted by Crippen LogP contribution is 2.29. The Morgan fingerprint density at radius 3 is 2.87 bits per heavy atom. The third-order valence-corrected chi connectivity index (χ3v) is 4.61. The van der Waals surface area contributed by atoms with Gasteiger partial charge in [0.05, 0.1) is 5.41 Å². The molecule has 0 bridgehead atoms. The van der Waals surface area contributed by atoms with Crippen LogP contribution in [-0.4, -0.2) is 37.2 Å². The minimum atomic E-state index is -0.490. The van der Waals surface area contributed by atoms with Gasteiger partial charge in [0.15, 0.2) is 11.5 Å². The molecule has 0 aliphatic carbocycles. The van der Waals surface area contributed by atoms with Gasteiger partial charge in [-0.05, 0) is 31.4 Å². The number of aromatic nitrogens is 1. The predicted molar refractivity (Wildman–Crippen MR) is 87.0 cm³/mol. The first-order valence-corrected chi connectivity index (χ1v) is 8.06. The van der Waals surface area contributed by atoms with E-state index in [1.807, 2.05) is 25.1 Å². The first kappa shape index (κ1) is 16.0. The molecule has 2 heterocycles. The first-order chi connectivity index (χ1) is 11.1. The molecule has 23 heavy (non-hydrogen) atoms. The number of ether oxygens (including phenoxy) is 1. The van der Waals surface area contributed by atoms with Crippen molar-refractivity contribution >= 4 is 17.0 Å². The summed E-state index contributed by atoms with van der Waals surface area (Å²) in [6.07, 6.45) is 1.92. The molecular weight excluding hydrogens is 294 g/mol. The molecule has 0 spiro atoms. The van der Waals surface area contributed by atoms with Crippen LogP contribution >= 0.6 is 0 Å². The van der Waals surface area contributed by atoms with E-state index in [-0.39, 0.29) is 5.91 Å². The normalized spacial score (nSPS) is 17.3. The molecule has 1 fully saturated rings. The Bertz CT molecular complexity index is 689. The molecule has 1 aliphatic heterocycles. The third-order valence-electron chi connectivity index (χ3n) is 4.61. The van der Waals surface area contributed by atoms with Gasteiger partial charge in [0, 0.05) is 32.7 Å². The SMILES string of the molecule is Cc1cccc2oc(CCNC(=O)C3(CN)CCOCC3)nc12. The molecule has 3 N–H and O–H groups in total. The fourth-order valence-electron chi connectivity index (χ4n) is 3.00. The molecule has 1 aromatic carbocycles. The largest absolute Gasteiger partial charge is 0.441 e. The number of carbonyl (C=O) groups is 1. The summed E-state index contributed by atoms with van der Waals surface area (Å²) in [5.41, 5.74) is 8.11. The summed E-state index contributed by atoms with van der Waals surface area (Å²) >= 11 is 0. The number of benzene rings is 1. The van der Waals surface area contributed by atoms with E-state index in [0.29, 0.717) is 51.5 Å². The Morgan fingerprint density at radius 2 is 2.17 bits per heavy atom. The van der Waals surface area contributed by atoms with Gasteiger partial charge in [-0.15, -0.1) is 0 Å². The average Bonchev–Trinajstić information content (AvgIpc) is 3.00. The highest BCUT2D eigenvalue weighted by Gasteiger charge is 2.38. The zero-order valence-corrected chi connectivity index (χ0v) is 13.4. The topological polar surface area (TPSA) is 90.4 Å². The number of rotatable bonds is 5. The summed E-state index contributed by atoms with van der Waals surface area (Å²) in [5.74, 6) is 0.652. The molecule has 1 amide bonds. The average molecular weight is 317 g/mol. The van der Waals surface area contributed by atoms with Crippen LogP contribution in [0.5, 0.6) is 0 Å². The number of nitrogens with zero attached hydrogens (tertiary/aromatic N) is 1. The van der Waals surface area contributed by atoms with Crippen molar-refractivity contribution in [1.29, 1.82) is 0 Å². The number of oxazole rings is 1. The van der Waals surface area contributed by atoms with Gasteiger partial charge in [-0.2, -0.15) is 0 Å². The Labute approximate surface area is 135 Å². The molecule has 0 unspecified atom stereocenters. The lowest BCUT2D eigenvalue weighted by Gasteiger charge is -2.34. The summed E-state index contributed by atoms with van der Waals surface area (Å²) in [7, 11) is 0. The second kappa shape index (κ2) is 6.68. The van der Waals surface area contributed by atoms with Crippen molar-refractivity contribution in [1.82, 2.24) is 10.3 Å². The van der Waals surface area contributed by atoms with Crippen LogP contribution < -0.4 is 11.1 Å². The smallest absolute Gasteiger partial charge is 0.227 e. The highest BCUT2D eigenvalue weighted by atomic mass is 16.5. The Morgan fingerprint density at radius 1 is 1.39 bits per heavy atom. The van der Waals surface area contributed by atoms with E-state index in [0.717, 1.165) is 16.7 Å². The van der Waals surface area contributed by atoms with Crippen molar-refractivity contribution < 1.29 is 13.9 Å². The molecule has 6 nitrogen and oxygen atoms in total. The molecule has 1 aromatic heterocycles. The summed E-state index contributed by atoms with van der Waals surface area (Å²) in [5, 5.41) is 2.98. The maximum absolute atomic E-state index is 12.5. The van der Waals surface area contributed by atoms with Crippen molar-refractivity contribution in [3.05, 3.63) is 29.7 Å². The van der Waals surface area contributed by atoms with E-state index < -0.39 is 5.41 Å². The molecule has 0 radical (unpaired) electrons. The zero-order valence-electron chi connectivity index (χ0n) is 13.4. The van der Waals surface area contributed by atoms with Gasteiger partial charge < -0.3 is 20.2 Å². The van der Waals surface area contributed by atoms with E-state index in [1.165, 1.54) is 0 Å². The van der Waals surface area contributed by atoms with E-state index in [9.17, 15) is 4.79 Å². The van der Waals surface area contributed by atoms with Crippen LogP contribution in [0.1, 0.15) is 24.3 Å². The Balaban J connectivity index is 1.59. The minimum Gasteiger partial charge on any atom is -0.441 e. The number of aryl methyl sites for hydroxylation is 1. The molecular formula is C17H23N3O3. The Hall–Kier alpha value is -1.92. The van der Waals surface area contributed by atoms with Gasteiger partial charge in [-0.3, -0.25) is 4.79 Å². The van der Waals surface area contributed by atoms with Gasteiger partial charge in [-0.1, -0.05) is 12.1 Å². The van der Waals surface area contributed by atoms with E-state index in [4.69, 9.17) is 14.9 Å². The maximum Gasteiger partial charge on any atom is 0.227 e. The second-order valence-electron chi connectivity index (χ2n) is 6.13. The van der Waals surface area contributed by atoms with Crippen LogP contribution in [-0.2, 0) is 16.0 Å². The molecule has 1 saturated heterocycles. The number of fused-ring (bicyclic) bond motifs is 1. The lowest BCUT2D eigenvalue weighted by atomic mass is 9.79. The van der Waals surface area contributed by atoms with Crippen molar-refractivity contribution in [3.63, 3.8) is 0 Å². The summed E-state index contributed by atoms with van der Waals surface area (Å²) in [6.45, 7) is 4.04. The van der Waals surface area contributed by atoms with Gasteiger partial charge in [0.2, 0.25) is 5.91 Å². The number of hydrogen-bond donors (Lipinski definition) is 2. The standard InChI is InChI=1S/C17H23N3O3/c1-12-3-2-4-13-15(12)20-14(23-13)5-8-19-16(21)17(11-18)6-9-22-10-7-17/h2-4H,5-11,18H2,1H3,(H,19,21). The summed E-state index contributed by atoms with van der Waals surface area (Å²) in [4.78, 5) is 17.0. The minimum absolute atomic E-state index is 0.00981. The summed E-state index contributed by atoms with van der Waals surface area (Å²) < 4.78 is 11.1. The van der Waals surface area contributed by atoms with Gasteiger partial charge in [0.1, 0.15) is 5.52 Å². The van der Waals surface area contributed by atoms with Crippen molar-refractivity contribution in [2.24, 2.45) is 11.1 Å². The van der Waals surface area contributed by atoms with E-state index in [2.05, 4.69) is 10.3 Å². The van der Waals surface area contributed by atoms with Crippen LogP contribution in [0.3, 0.4) is 0 Å². The number of nitrogens with one attached hydrogen (secondary N) is 1. The monoisotopic (exact) mass is 317 g/mol. The van der Waals surface area contributed by atoms with Crippen LogP contribution in [0.4, 0.5) is 0 Å². The second-order valence-corrected chi connectivity index (χ2v) is 6.13. The van der Waals surface area contributed by atoms with Crippen LogP contribution in [0, 0.1) is 12.3 Å². The molecule has 0 saturated carbocycles. The van der Waals surface area contributed by atoms with Gasteiger partial charge in [0.25, 0.3) is 0 Å². The number of amides is 1. The quantitative estimate of drug-likeness (QED) is 0.873. The lowest BCUT2D eigenvalue weighted by Crippen LogP contribution is -2.49. The Kier molecular flexibility index (Phi) is 4.63. The lowest BCUT2D eigenvalue weighted by molar-refractivity contribution is -0.135. The number of nitrogens with two attached hydrogens (primary N) is 1. The molecule has 2 aromatic rings. The fourth-order valence-corrected chi connectivity index (χ4v) is 3.00. The van der Waals surface area contributed by atoms with Gasteiger partial charge >= 0.3 is 0 Å². The van der Waals surface area contributed by atoms with Crippen molar-refractivity contribution in [3.8, 4) is 0 Å².